The summed E-state index contributed by atoms with van der Waals surface area (Å²) in [5.41, 5.74) is 0. The highest BCUT2D eigenvalue weighted by Crippen LogP contribution is 2.35. The van der Waals surface area contributed by atoms with E-state index < -0.39 is 0 Å². The first-order valence-electron chi connectivity index (χ1n) is 6.77. The zero-order chi connectivity index (χ0) is 14.7. The Morgan fingerprint density at radius 2 is 1.81 bits per heavy atom. The molecule has 0 heterocycles. The monoisotopic (exact) mass is 341 g/mol. The van der Waals surface area contributed by atoms with Gasteiger partial charge in [0.05, 0.1) is 6.61 Å². The molecule has 3 rings (SSSR count). The molecule has 0 saturated carbocycles. The molecule has 105 valence electrons. The molecule has 0 aromatic heterocycles. The molecule has 21 heavy (non-hydrogen) atoms. The lowest BCUT2D eigenvalue weighted by atomic mass is 10.1. The first kappa shape index (κ1) is 14.0. The van der Waals surface area contributed by atoms with Crippen LogP contribution in [-0.4, -0.2) is 6.61 Å². The van der Waals surface area contributed by atoms with Crippen LogP contribution in [0.4, 0.5) is 0 Å². The Morgan fingerprint density at radius 3 is 2.57 bits per heavy atom. The third-order valence-corrected chi connectivity index (χ3v) is 3.58. The van der Waals surface area contributed by atoms with Crippen molar-refractivity contribution in [1.29, 1.82) is 0 Å². The van der Waals surface area contributed by atoms with Gasteiger partial charge in [-0.2, -0.15) is 0 Å². The summed E-state index contributed by atoms with van der Waals surface area (Å²) in [5, 5.41) is 2.09. The molecule has 0 aliphatic carbocycles. The van der Waals surface area contributed by atoms with E-state index in [2.05, 4.69) is 22.0 Å². The maximum atomic E-state index is 5.95. The summed E-state index contributed by atoms with van der Waals surface area (Å²) >= 11 is 3.42. The third-order valence-electron chi connectivity index (χ3n) is 3.05. The lowest BCUT2D eigenvalue weighted by Gasteiger charge is -2.12. The van der Waals surface area contributed by atoms with Crippen molar-refractivity contribution >= 4 is 26.7 Å². The van der Waals surface area contributed by atoms with E-state index in [0.717, 1.165) is 21.0 Å². The first-order valence-corrected chi connectivity index (χ1v) is 7.57. The summed E-state index contributed by atoms with van der Waals surface area (Å²) in [6.45, 7) is 2.53. The number of halogens is 1. The Morgan fingerprint density at radius 1 is 1.05 bits per heavy atom. The van der Waals surface area contributed by atoms with Crippen LogP contribution >= 0.6 is 15.9 Å². The molecule has 0 atom stereocenters. The maximum Gasteiger partial charge on any atom is 0.170 e. The van der Waals surface area contributed by atoms with Gasteiger partial charge in [0.1, 0.15) is 5.75 Å². The predicted octanol–water partition coefficient (Wildman–Crippen LogP) is 5.59. The van der Waals surface area contributed by atoms with Crippen LogP contribution < -0.4 is 9.47 Å². The van der Waals surface area contributed by atoms with Crippen molar-refractivity contribution in [2.45, 2.75) is 6.92 Å². The Bertz CT molecular complexity index is 751. The van der Waals surface area contributed by atoms with Crippen LogP contribution in [-0.2, 0) is 0 Å². The lowest BCUT2D eigenvalue weighted by Crippen LogP contribution is -1.95. The van der Waals surface area contributed by atoms with E-state index >= 15 is 0 Å². The largest absolute Gasteiger partial charge is 0.489 e. The van der Waals surface area contributed by atoms with Gasteiger partial charge in [0.15, 0.2) is 11.5 Å². The Balaban J connectivity index is 2.02. The molecule has 2 nitrogen and oxygen atoms in total. The molecule has 0 aliphatic heterocycles. The van der Waals surface area contributed by atoms with Crippen LogP contribution in [0.2, 0.25) is 0 Å². The average Bonchev–Trinajstić information content (AvgIpc) is 2.50. The zero-order valence-electron chi connectivity index (χ0n) is 11.6. The molecule has 0 fully saturated rings. The van der Waals surface area contributed by atoms with Crippen molar-refractivity contribution in [3.8, 4) is 17.2 Å². The lowest BCUT2D eigenvalue weighted by molar-refractivity contribution is 0.321. The fraction of sp³-hybridized carbons (Fsp3) is 0.111. The minimum atomic E-state index is 0.575. The van der Waals surface area contributed by atoms with E-state index in [1.165, 1.54) is 0 Å². The number of hydrogen-bond donors (Lipinski definition) is 0. The van der Waals surface area contributed by atoms with E-state index in [1.54, 1.807) is 0 Å². The minimum absolute atomic E-state index is 0.575. The molecule has 3 aromatic rings. The van der Waals surface area contributed by atoms with Crippen molar-refractivity contribution in [3.63, 3.8) is 0 Å². The number of fused-ring (bicyclic) bond motifs is 1. The Labute approximate surface area is 132 Å². The second-order valence-corrected chi connectivity index (χ2v) is 5.45. The van der Waals surface area contributed by atoms with Gasteiger partial charge in [0, 0.05) is 10.5 Å². The summed E-state index contributed by atoms with van der Waals surface area (Å²) in [7, 11) is 0. The van der Waals surface area contributed by atoms with E-state index in [1.807, 2.05) is 61.5 Å². The van der Waals surface area contributed by atoms with Gasteiger partial charge in [0.25, 0.3) is 0 Å². The molecule has 0 saturated heterocycles. The van der Waals surface area contributed by atoms with Crippen LogP contribution in [0.1, 0.15) is 6.92 Å². The van der Waals surface area contributed by atoms with Gasteiger partial charge in [-0.25, -0.2) is 0 Å². The minimum Gasteiger partial charge on any atom is -0.489 e. The summed E-state index contributed by atoms with van der Waals surface area (Å²) in [4.78, 5) is 0. The average molecular weight is 342 g/mol. The molecular formula is C18H14BrO2. The zero-order valence-corrected chi connectivity index (χ0v) is 13.2. The second-order valence-electron chi connectivity index (χ2n) is 4.54. The van der Waals surface area contributed by atoms with Crippen LogP contribution in [0, 0.1) is 6.07 Å². The Kier molecular flexibility index (Phi) is 4.11. The van der Waals surface area contributed by atoms with Crippen molar-refractivity contribution in [1.82, 2.24) is 0 Å². The molecule has 0 unspecified atom stereocenters. The van der Waals surface area contributed by atoms with Crippen LogP contribution in [0.25, 0.3) is 10.8 Å². The van der Waals surface area contributed by atoms with Gasteiger partial charge in [-0.3, -0.25) is 0 Å². The molecule has 0 amide bonds. The van der Waals surface area contributed by atoms with E-state index in [9.17, 15) is 0 Å². The van der Waals surface area contributed by atoms with Crippen molar-refractivity contribution in [3.05, 3.63) is 65.1 Å². The highest BCUT2D eigenvalue weighted by atomic mass is 79.9. The number of hydrogen-bond acceptors (Lipinski definition) is 2. The van der Waals surface area contributed by atoms with Gasteiger partial charge >= 0.3 is 0 Å². The van der Waals surface area contributed by atoms with Crippen molar-refractivity contribution in [2.75, 3.05) is 6.61 Å². The highest BCUT2D eigenvalue weighted by molar-refractivity contribution is 9.10. The number of rotatable bonds is 4. The fourth-order valence-electron chi connectivity index (χ4n) is 2.08. The summed E-state index contributed by atoms with van der Waals surface area (Å²) in [5.74, 6) is 2.08. The molecule has 3 heteroatoms. The summed E-state index contributed by atoms with van der Waals surface area (Å²) in [6.07, 6.45) is 0. The smallest absolute Gasteiger partial charge is 0.170 e. The van der Waals surface area contributed by atoms with Crippen molar-refractivity contribution in [2.24, 2.45) is 0 Å². The maximum absolute atomic E-state index is 5.95. The van der Waals surface area contributed by atoms with Crippen LogP contribution in [0.5, 0.6) is 17.2 Å². The molecule has 0 N–H and O–H groups in total. The van der Waals surface area contributed by atoms with Gasteiger partial charge in [-0.15, -0.1) is 0 Å². The topological polar surface area (TPSA) is 18.5 Å². The standard InChI is InChI=1S/C18H14BrO2/c1-2-20-17-11-13-5-3-4-6-14(13)12-18(17)21-16-9-7-15(19)8-10-16/h3-10,12H,2H2,1H3. The van der Waals surface area contributed by atoms with E-state index in [0.29, 0.717) is 18.1 Å². The van der Waals surface area contributed by atoms with E-state index in [4.69, 9.17) is 9.47 Å². The quantitative estimate of drug-likeness (QED) is 0.615. The summed E-state index contributed by atoms with van der Waals surface area (Å²) < 4.78 is 12.6. The molecule has 3 aromatic carbocycles. The molecule has 1 radical (unpaired) electrons. The molecule has 0 bridgehead atoms. The predicted molar refractivity (Wildman–Crippen MR) is 88.2 cm³/mol. The van der Waals surface area contributed by atoms with Gasteiger partial charge in [-0.05, 0) is 48.0 Å². The van der Waals surface area contributed by atoms with Gasteiger partial charge in [-0.1, -0.05) is 40.2 Å². The second kappa shape index (κ2) is 6.19. The number of benzene rings is 3. The normalized spacial score (nSPS) is 10.6. The van der Waals surface area contributed by atoms with Crippen LogP contribution in [0.15, 0.2) is 59.1 Å². The highest BCUT2D eigenvalue weighted by Gasteiger charge is 2.09. The van der Waals surface area contributed by atoms with Gasteiger partial charge in [0.2, 0.25) is 0 Å². The number of ether oxygens (including phenoxy) is 2. The molecular weight excluding hydrogens is 328 g/mol. The van der Waals surface area contributed by atoms with E-state index in [-0.39, 0.29) is 0 Å². The molecule has 0 spiro atoms. The van der Waals surface area contributed by atoms with Gasteiger partial charge < -0.3 is 9.47 Å². The Hall–Kier alpha value is -2.00. The SMILES string of the molecule is CCOc1[c]c2ccccc2cc1Oc1ccc(Br)cc1. The van der Waals surface area contributed by atoms with Crippen molar-refractivity contribution < 1.29 is 9.47 Å². The third kappa shape index (κ3) is 3.19. The fourth-order valence-corrected chi connectivity index (χ4v) is 2.35. The van der Waals surface area contributed by atoms with Crippen LogP contribution in [0.3, 0.4) is 0 Å². The summed E-state index contributed by atoms with van der Waals surface area (Å²) in [6, 6.07) is 21.0. The first-order chi connectivity index (χ1) is 10.3. The molecule has 0 aliphatic rings.